The summed E-state index contributed by atoms with van der Waals surface area (Å²) in [5.74, 6) is -1.85. The second-order valence-electron chi connectivity index (χ2n) is 6.35. The lowest BCUT2D eigenvalue weighted by Gasteiger charge is -2.11. The average Bonchev–Trinajstić information content (AvgIpc) is 3.01. The number of hydrogen-bond donors (Lipinski definition) is 1. The Labute approximate surface area is 170 Å². The predicted molar refractivity (Wildman–Crippen MR) is 106 cm³/mol. The van der Waals surface area contributed by atoms with E-state index in [1.165, 1.54) is 30.5 Å². The molecule has 0 fully saturated rings. The average molecular weight is 406 g/mol. The number of carbonyl (C=O) groups excluding carboxylic acids is 2. The van der Waals surface area contributed by atoms with Crippen LogP contribution in [0, 0.1) is 24.0 Å². The zero-order chi connectivity index (χ0) is 21.8. The van der Waals surface area contributed by atoms with Gasteiger partial charge >= 0.3 is 0 Å². The first-order valence-corrected chi connectivity index (χ1v) is 8.72. The highest BCUT2D eigenvalue weighted by atomic mass is 16.6. The molecule has 152 valence electrons. The van der Waals surface area contributed by atoms with Crippen LogP contribution < -0.4 is 10.5 Å². The number of hydrogen-bond acceptors (Lipinski definition) is 7. The van der Waals surface area contributed by atoms with Crippen molar-refractivity contribution in [3.05, 3.63) is 87.0 Å². The summed E-state index contributed by atoms with van der Waals surface area (Å²) in [5.41, 5.74) is 5.44. The van der Waals surface area contributed by atoms with Crippen LogP contribution >= 0.6 is 0 Å². The van der Waals surface area contributed by atoms with Crippen molar-refractivity contribution < 1.29 is 19.6 Å². The molecule has 1 N–H and O–H groups in total. The molecule has 30 heavy (non-hydrogen) atoms. The van der Waals surface area contributed by atoms with Crippen molar-refractivity contribution in [2.75, 3.05) is 0 Å². The summed E-state index contributed by atoms with van der Waals surface area (Å²) < 4.78 is 1.92. The Morgan fingerprint density at radius 2 is 1.87 bits per heavy atom. The van der Waals surface area contributed by atoms with Gasteiger partial charge in [0, 0.05) is 28.7 Å². The number of nitrogens with one attached hydrogen (secondary N) is 1. The van der Waals surface area contributed by atoms with E-state index in [0.29, 0.717) is 0 Å². The fourth-order valence-corrected chi connectivity index (χ4v) is 2.91. The molecule has 0 aliphatic heterocycles. The Hall–Kier alpha value is -4.34. The number of amides is 1. The van der Waals surface area contributed by atoms with Gasteiger partial charge in [0.25, 0.3) is 11.6 Å². The third-order valence-electron chi connectivity index (χ3n) is 4.39. The zero-order valence-electron chi connectivity index (χ0n) is 16.0. The zero-order valence-corrected chi connectivity index (χ0v) is 16.0. The molecule has 3 aromatic rings. The number of aromatic nitrogens is 2. The monoisotopic (exact) mass is 406 g/mol. The Morgan fingerprint density at radius 1 is 1.17 bits per heavy atom. The van der Waals surface area contributed by atoms with Crippen molar-refractivity contribution in [3.63, 3.8) is 0 Å². The molecule has 0 saturated carbocycles. The number of nitro groups is 1. The molecule has 2 heterocycles. The van der Waals surface area contributed by atoms with Crippen LogP contribution in [0.5, 0.6) is 0 Å². The van der Waals surface area contributed by atoms with E-state index in [1.807, 2.05) is 24.5 Å². The lowest BCUT2D eigenvalue weighted by atomic mass is 10.2. The molecule has 0 radical (unpaired) electrons. The van der Waals surface area contributed by atoms with Gasteiger partial charge in [-0.15, -0.1) is 0 Å². The third kappa shape index (κ3) is 4.22. The number of aryl methyl sites for hydroxylation is 1. The minimum Gasteiger partial charge on any atom is -0.545 e. The largest absolute Gasteiger partial charge is 0.545 e. The van der Waals surface area contributed by atoms with Gasteiger partial charge in [-0.3, -0.25) is 14.9 Å². The van der Waals surface area contributed by atoms with E-state index in [0.717, 1.165) is 28.8 Å². The van der Waals surface area contributed by atoms with Crippen LogP contribution in [-0.4, -0.2) is 32.6 Å². The summed E-state index contributed by atoms with van der Waals surface area (Å²) in [6.07, 6.45) is 2.47. The summed E-state index contributed by atoms with van der Waals surface area (Å²) in [5, 5.41) is 25.5. The van der Waals surface area contributed by atoms with Crippen LogP contribution in [0.15, 0.2) is 53.8 Å². The van der Waals surface area contributed by atoms with E-state index in [1.54, 1.807) is 12.1 Å². The van der Waals surface area contributed by atoms with Crippen molar-refractivity contribution in [2.45, 2.75) is 13.8 Å². The van der Waals surface area contributed by atoms with E-state index < -0.39 is 16.8 Å². The molecule has 10 heteroatoms. The number of nitrogens with zero attached hydrogens (tertiary/aromatic N) is 4. The van der Waals surface area contributed by atoms with Gasteiger partial charge < -0.3 is 14.5 Å². The number of carbonyl (C=O) groups is 2. The quantitative estimate of drug-likeness (QED) is 0.374. The van der Waals surface area contributed by atoms with E-state index in [9.17, 15) is 24.8 Å². The maximum Gasteiger partial charge on any atom is 0.289 e. The van der Waals surface area contributed by atoms with Gasteiger partial charge in [0.2, 0.25) is 0 Å². The molecule has 0 saturated heterocycles. The van der Waals surface area contributed by atoms with E-state index in [4.69, 9.17) is 0 Å². The van der Waals surface area contributed by atoms with Gasteiger partial charge in [-0.25, -0.2) is 10.4 Å². The highest BCUT2D eigenvalue weighted by Gasteiger charge is 2.12. The molecule has 0 unspecified atom stereocenters. The van der Waals surface area contributed by atoms with Gasteiger partial charge in [0.05, 0.1) is 17.1 Å². The van der Waals surface area contributed by atoms with Crippen molar-refractivity contribution >= 4 is 23.8 Å². The Morgan fingerprint density at radius 3 is 2.43 bits per heavy atom. The topological polar surface area (TPSA) is 143 Å². The van der Waals surface area contributed by atoms with Crippen molar-refractivity contribution in [3.8, 4) is 5.69 Å². The fraction of sp³-hybridized carbons (Fsp3) is 0.100. The van der Waals surface area contributed by atoms with Crippen LogP contribution in [-0.2, 0) is 0 Å². The van der Waals surface area contributed by atoms with Gasteiger partial charge in [-0.2, -0.15) is 5.10 Å². The Kier molecular flexibility index (Phi) is 5.68. The summed E-state index contributed by atoms with van der Waals surface area (Å²) in [4.78, 5) is 36.7. The Bertz CT molecular complexity index is 1150. The third-order valence-corrected chi connectivity index (χ3v) is 4.39. The van der Waals surface area contributed by atoms with Crippen LogP contribution in [0.3, 0.4) is 0 Å². The van der Waals surface area contributed by atoms with Gasteiger partial charge in [0.1, 0.15) is 11.9 Å². The van der Waals surface area contributed by atoms with Crippen LogP contribution in [0.4, 0.5) is 5.69 Å². The number of rotatable bonds is 6. The van der Waals surface area contributed by atoms with Crippen molar-refractivity contribution in [2.24, 2.45) is 5.10 Å². The van der Waals surface area contributed by atoms with E-state index in [2.05, 4.69) is 15.5 Å². The highest BCUT2D eigenvalue weighted by Crippen LogP contribution is 2.20. The van der Waals surface area contributed by atoms with Crippen LogP contribution in [0.25, 0.3) is 5.69 Å². The summed E-state index contributed by atoms with van der Waals surface area (Å²) in [7, 11) is 0. The number of hydrazone groups is 1. The number of aromatic carboxylic acids is 1. The molecule has 1 aromatic carbocycles. The predicted octanol–water partition coefficient (Wildman–Crippen LogP) is 1.52. The molecule has 1 amide bonds. The van der Waals surface area contributed by atoms with Gasteiger partial charge in [0.15, 0.2) is 0 Å². The van der Waals surface area contributed by atoms with Crippen molar-refractivity contribution in [1.29, 1.82) is 0 Å². The first-order chi connectivity index (χ1) is 14.3. The second-order valence-corrected chi connectivity index (χ2v) is 6.35. The van der Waals surface area contributed by atoms with Crippen LogP contribution in [0.2, 0.25) is 0 Å². The molecule has 0 bridgehead atoms. The van der Waals surface area contributed by atoms with Gasteiger partial charge in [-0.05, 0) is 43.7 Å². The Balaban J connectivity index is 1.75. The fourth-order valence-electron chi connectivity index (χ4n) is 2.91. The summed E-state index contributed by atoms with van der Waals surface area (Å²) in [6.45, 7) is 3.75. The molecule has 10 nitrogen and oxygen atoms in total. The maximum absolute atomic E-state index is 12.1. The molecule has 0 aliphatic rings. The summed E-state index contributed by atoms with van der Waals surface area (Å²) >= 11 is 0. The van der Waals surface area contributed by atoms with Crippen molar-refractivity contribution in [1.82, 2.24) is 15.0 Å². The molecule has 2 aromatic heterocycles. The van der Waals surface area contributed by atoms with E-state index >= 15 is 0 Å². The highest BCUT2D eigenvalue weighted by molar-refractivity contribution is 5.93. The number of carboxylic acid groups (broad SMARTS) is 1. The number of carboxylic acids is 1. The molecule has 0 aliphatic carbocycles. The minimum atomic E-state index is -1.24. The standard InChI is InChI=1S/C20H17N5O5/c1-12-9-15(13(2)24(12)16-5-3-14(4-6-16)20(27)28)10-22-23-19(26)18-8-7-17(11-21-18)25(29)30/h3-11H,1-2H3,(H,23,26)(H,27,28)/p-1/b22-10-. The summed E-state index contributed by atoms with van der Waals surface area (Å²) in [6, 6.07) is 10.6. The molecule has 0 atom stereocenters. The van der Waals surface area contributed by atoms with E-state index in [-0.39, 0.29) is 16.9 Å². The lowest BCUT2D eigenvalue weighted by molar-refractivity contribution is -0.385. The molecule has 3 rings (SSSR count). The normalized spacial score (nSPS) is 10.9. The van der Waals surface area contributed by atoms with Crippen LogP contribution in [0.1, 0.15) is 37.8 Å². The second kappa shape index (κ2) is 8.35. The lowest BCUT2D eigenvalue weighted by Crippen LogP contribution is -2.22. The molecular formula is C20H16N5O5-. The molecule has 0 spiro atoms. The first kappa shape index (κ1) is 20.4. The smallest absolute Gasteiger partial charge is 0.289 e. The first-order valence-electron chi connectivity index (χ1n) is 8.72. The maximum atomic E-state index is 12.1. The minimum absolute atomic E-state index is 0.00349. The van der Waals surface area contributed by atoms with Gasteiger partial charge in [-0.1, -0.05) is 12.1 Å². The number of benzene rings is 1. The SMILES string of the molecule is Cc1cc(/C=N\NC(=O)c2ccc([N+](=O)[O-])cn2)c(C)n1-c1ccc(C(=O)[O-])cc1. The number of pyridine rings is 1. The molecular weight excluding hydrogens is 390 g/mol.